The Labute approximate surface area is 124 Å². The Balaban J connectivity index is 2.09. The molecular formula is C15H10ClNO2S. The molecule has 0 aliphatic heterocycles. The number of ketones is 1. The largest absolute Gasteiger partial charge is 0.293 e. The lowest BCUT2D eigenvalue weighted by atomic mass is 10.1. The maximum Gasteiger partial charge on any atom is 0.175 e. The number of carbonyl (C=O) groups is 1. The number of hydrogen-bond acceptors (Lipinski definition) is 3. The van der Waals surface area contributed by atoms with Crippen LogP contribution in [0.1, 0.15) is 15.9 Å². The van der Waals surface area contributed by atoms with Crippen molar-refractivity contribution in [2.45, 2.75) is 4.90 Å². The normalized spacial score (nSPS) is 11.6. The van der Waals surface area contributed by atoms with E-state index >= 15 is 0 Å². The molecule has 100 valence electrons. The smallest absolute Gasteiger partial charge is 0.175 e. The molecule has 3 nitrogen and oxygen atoms in total. The van der Waals surface area contributed by atoms with Gasteiger partial charge in [0.05, 0.1) is 28.2 Å². The first-order chi connectivity index (χ1) is 9.60. The van der Waals surface area contributed by atoms with E-state index in [-0.39, 0.29) is 11.5 Å². The van der Waals surface area contributed by atoms with Crippen LogP contribution < -0.4 is 0 Å². The lowest BCUT2D eigenvalue weighted by Gasteiger charge is -2.03. The van der Waals surface area contributed by atoms with E-state index in [9.17, 15) is 9.00 Å². The first-order valence-electron chi connectivity index (χ1n) is 5.77. The molecule has 0 spiro atoms. The van der Waals surface area contributed by atoms with Crippen LogP contribution in [0.25, 0.3) is 0 Å². The lowest BCUT2D eigenvalue weighted by Crippen LogP contribution is -2.11. The second-order valence-electron chi connectivity index (χ2n) is 4.06. The molecule has 0 saturated heterocycles. The summed E-state index contributed by atoms with van der Waals surface area (Å²) in [5.74, 6) is -0.309. The van der Waals surface area contributed by atoms with E-state index in [2.05, 4.69) is 0 Å². The predicted molar refractivity (Wildman–Crippen MR) is 78.2 cm³/mol. The number of rotatable bonds is 4. The fourth-order valence-corrected chi connectivity index (χ4v) is 2.74. The van der Waals surface area contributed by atoms with Gasteiger partial charge in [-0.15, -0.1) is 0 Å². The quantitative estimate of drug-likeness (QED) is 0.815. The summed E-state index contributed by atoms with van der Waals surface area (Å²) in [7, 11) is -1.40. The molecule has 20 heavy (non-hydrogen) atoms. The Hall–Kier alpha value is -1.96. The van der Waals surface area contributed by atoms with E-state index in [1.54, 1.807) is 48.5 Å². The highest BCUT2D eigenvalue weighted by molar-refractivity contribution is 7.85. The Morgan fingerprint density at radius 2 is 1.70 bits per heavy atom. The highest BCUT2D eigenvalue weighted by atomic mass is 35.5. The van der Waals surface area contributed by atoms with Crippen LogP contribution in [0.2, 0.25) is 5.02 Å². The average molecular weight is 304 g/mol. The number of Topliss-reactive ketones (excluding diaryl/α,β-unsaturated/α-hetero) is 1. The van der Waals surface area contributed by atoms with Gasteiger partial charge < -0.3 is 0 Å². The molecule has 0 amide bonds. The zero-order valence-electron chi connectivity index (χ0n) is 10.4. The summed E-state index contributed by atoms with van der Waals surface area (Å²) in [6.45, 7) is 0. The van der Waals surface area contributed by atoms with Crippen LogP contribution in [0, 0.1) is 11.3 Å². The highest BCUT2D eigenvalue weighted by Gasteiger charge is 2.12. The fourth-order valence-electron chi connectivity index (χ4n) is 1.60. The van der Waals surface area contributed by atoms with Gasteiger partial charge in [-0.05, 0) is 36.4 Å². The molecule has 0 aliphatic carbocycles. The van der Waals surface area contributed by atoms with Gasteiger partial charge in [0, 0.05) is 15.5 Å². The van der Waals surface area contributed by atoms with Crippen LogP contribution >= 0.6 is 11.6 Å². The Bertz CT molecular complexity index is 687. The predicted octanol–water partition coefficient (Wildman–Crippen LogP) is 3.20. The number of hydrogen-bond donors (Lipinski definition) is 0. The fraction of sp³-hybridized carbons (Fsp3) is 0.0667. The van der Waals surface area contributed by atoms with Crippen molar-refractivity contribution in [2.75, 3.05) is 5.75 Å². The standard InChI is InChI=1S/C15H10ClNO2S/c16-13-5-7-14(8-6-13)20(19)10-15(18)12-3-1-11(9-17)2-4-12/h1-8H,10H2. The zero-order valence-corrected chi connectivity index (χ0v) is 11.9. The Morgan fingerprint density at radius 1 is 1.10 bits per heavy atom. The molecule has 0 aromatic heterocycles. The van der Waals surface area contributed by atoms with Crippen molar-refractivity contribution in [1.82, 2.24) is 0 Å². The van der Waals surface area contributed by atoms with Gasteiger partial charge >= 0.3 is 0 Å². The summed E-state index contributed by atoms with van der Waals surface area (Å²) in [5.41, 5.74) is 0.937. The monoisotopic (exact) mass is 303 g/mol. The van der Waals surface area contributed by atoms with E-state index in [1.165, 1.54) is 0 Å². The van der Waals surface area contributed by atoms with Crippen molar-refractivity contribution < 1.29 is 9.00 Å². The van der Waals surface area contributed by atoms with E-state index < -0.39 is 10.8 Å². The summed E-state index contributed by atoms with van der Waals surface area (Å²) < 4.78 is 12.1. The van der Waals surface area contributed by atoms with Crippen LogP contribution in [0.15, 0.2) is 53.4 Å². The molecule has 0 radical (unpaired) electrons. The third kappa shape index (κ3) is 3.53. The molecule has 2 aromatic rings. The Morgan fingerprint density at radius 3 is 2.25 bits per heavy atom. The number of nitriles is 1. The van der Waals surface area contributed by atoms with Gasteiger partial charge in [-0.1, -0.05) is 23.7 Å². The lowest BCUT2D eigenvalue weighted by molar-refractivity contribution is 0.102. The SMILES string of the molecule is N#Cc1ccc(C(=O)CS(=O)c2ccc(Cl)cc2)cc1. The zero-order chi connectivity index (χ0) is 14.5. The van der Waals surface area contributed by atoms with Crippen LogP contribution in [0.3, 0.4) is 0 Å². The molecule has 0 N–H and O–H groups in total. The number of carbonyl (C=O) groups excluding carboxylic acids is 1. The van der Waals surface area contributed by atoms with E-state index in [0.717, 1.165) is 0 Å². The van der Waals surface area contributed by atoms with Crippen molar-refractivity contribution in [3.63, 3.8) is 0 Å². The van der Waals surface area contributed by atoms with Crippen LogP contribution in [-0.4, -0.2) is 15.7 Å². The minimum Gasteiger partial charge on any atom is -0.293 e. The molecule has 5 heteroatoms. The van der Waals surface area contributed by atoms with Crippen molar-refractivity contribution >= 4 is 28.2 Å². The average Bonchev–Trinajstić information content (AvgIpc) is 2.48. The maximum atomic E-state index is 12.1. The second kappa shape index (κ2) is 6.47. The molecule has 0 heterocycles. The number of nitrogens with zero attached hydrogens (tertiary/aromatic N) is 1. The second-order valence-corrected chi connectivity index (χ2v) is 5.94. The maximum absolute atomic E-state index is 12.1. The topological polar surface area (TPSA) is 57.9 Å². The van der Waals surface area contributed by atoms with Crippen molar-refractivity contribution in [3.8, 4) is 6.07 Å². The van der Waals surface area contributed by atoms with Gasteiger partial charge in [-0.3, -0.25) is 9.00 Å². The minimum absolute atomic E-state index is 0.0897. The summed E-state index contributed by atoms with van der Waals surface area (Å²) in [4.78, 5) is 12.6. The minimum atomic E-state index is -1.40. The summed E-state index contributed by atoms with van der Waals surface area (Å²) in [5, 5.41) is 9.25. The third-order valence-corrected chi connectivity index (χ3v) is 4.25. The molecule has 0 saturated carbocycles. The molecule has 2 aromatic carbocycles. The molecule has 2 rings (SSSR count). The van der Waals surface area contributed by atoms with Crippen LogP contribution in [0.5, 0.6) is 0 Å². The molecule has 0 bridgehead atoms. The molecular weight excluding hydrogens is 294 g/mol. The number of halogens is 1. The van der Waals surface area contributed by atoms with E-state index in [0.29, 0.717) is 21.0 Å². The highest BCUT2D eigenvalue weighted by Crippen LogP contribution is 2.14. The Kier molecular flexibility index (Phi) is 4.67. The van der Waals surface area contributed by atoms with Gasteiger partial charge in [-0.25, -0.2) is 0 Å². The summed E-state index contributed by atoms with van der Waals surface area (Å²) in [6, 6.07) is 14.8. The third-order valence-electron chi connectivity index (χ3n) is 2.67. The van der Waals surface area contributed by atoms with Gasteiger partial charge in [0.15, 0.2) is 5.78 Å². The van der Waals surface area contributed by atoms with Crippen molar-refractivity contribution in [3.05, 3.63) is 64.7 Å². The summed E-state index contributed by atoms with van der Waals surface area (Å²) in [6.07, 6.45) is 0. The summed E-state index contributed by atoms with van der Waals surface area (Å²) >= 11 is 5.75. The van der Waals surface area contributed by atoms with Gasteiger partial charge in [0.25, 0.3) is 0 Å². The molecule has 0 fully saturated rings. The molecule has 1 unspecified atom stereocenters. The van der Waals surface area contributed by atoms with Gasteiger partial charge in [0.2, 0.25) is 0 Å². The van der Waals surface area contributed by atoms with Crippen molar-refractivity contribution in [2.24, 2.45) is 0 Å². The van der Waals surface area contributed by atoms with Crippen LogP contribution in [-0.2, 0) is 10.8 Å². The van der Waals surface area contributed by atoms with Gasteiger partial charge in [-0.2, -0.15) is 5.26 Å². The van der Waals surface area contributed by atoms with Gasteiger partial charge in [0.1, 0.15) is 0 Å². The van der Waals surface area contributed by atoms with Crippen molar-refractivity contribution in [1.29, 1.82) is 5.26 Å². The molecule has 1 atom stereocenters. The van der Waals surface area contributed by atoms with E-state index in [4.69, 9.17) is 16.9 Å². The number of benzene rings is 2. The first kappa shape index (κ1) is 14.4. The van der Waals surface area contributed by atoms with Crippen LogP contribution in [0.4, 0.5) is 0 Å². The first-order valence-corrected chi connectivity index (χ1v) is 7.47. The molecule has 0 aliphatic rings. The van der Waals surface area contributed by atoms with E-state index in [1.807, 2.05) is 6.07 Å².